The number of likely N-dealkylation sites (tertiary alicyclic amines) is 1. The summed E-state index contributed by atoms with van der Waals surface area (Å²) in [5, 5.41) is 7.42. The van der Waals surface area contributed by atoms with Gasteiger partial charge in [-0.05, 0) is 36.6 Å². The highest BCUT2D eigenvalue weighted by Gasteiger charge is 2.39. The average Bonchev–Trinajstić information content (AvgIpc) is 3.19. The molecule has 2 unspecified atom stereocenters. The molecule has 0 spiro atoms. The van der Waals surface area contributed by atoms with E-state index in [1.54, 1.807) is 22.9 Å². The van der Waals surface area contributed by atoms with Crippen LogP contribution < -0.4 is 16.0 Å². The van der Waals surface area contributed by atoms with Gasteiger partial charge in [0.2, 0.25) is 23.6 Å². The van der Waals surface area contributed by atoms with Crippen molar-refractivity contribution in [1.29, 1.82) is 0 Å². The molecule has 0 saturated carbocycles. The van der Waals surface area contributed by atoms with Crippen LogP contribution >= 0.6 is 15.9 Å². The first-order valence-corrected chi connectivity index (χ1v) is 11.3. The van der Waals surface area contributed by atoms with Crippen LogP contribution in [0.1, 0.15) is 37.2 Å². The van der Waals surface area contributed by atoms with Crippen molar-refractivity contribution in [1.82, 2.24) is 20.4 Å². The molecule has 3 aliphatic heterocycles. The number of carbonyl (C=O) groups is 5. The molecule has 3 atom stereocenters. The third-order valence-corrected chi connectivity index (χ3v) is 6.61. The lowest BCUT2D eigenvalue weighted by atomic mass is 9.89. The van der Waals surface area contributed by atoms with Crippen LogP contribution in [0, 0.1) is 0 Å². The number of nitrogens with one attached hydrogen (secondary N) is 3. The Labute approximate surface area is 193 Å². The number of anilines is 1. The number of halogens is 1. The van der Waals surface area contributed by atoms with Crippen molar-refractivity contribution in [2.75, 3.05) is 25.5 Å². The van der Waals surface area contributed by atoms with Crippen LogP contribution in [0.25, 0.3) is 0 Å². The van der Waals surface area contributed by atoms with Gasteiger partial charge in [0.25, 0.3) is 0 Å². The summed E-state index contributed by atoms with van der Waals surface area (Å²) in [4.78, 5) is 64.8. The SMILES string of the molecule is CN(CC1CCCN1C(=O)[C@@H]1CC(=O)NC(=O)N1)C(=O)C1CC(=O)Nc2ccc(Br)cc21. The molecule has 0 aromatic heterocycles. The van der Waals surface area contributed by atoms with Gasteiger partial charge >= 0.3 is 6.03 Å². The number of hydrogen-bond donors (Lipinski definition) is 3. The van der Waals surface area contributed by atoms with E-state index < -0.39 is 23.9 Å². The molecule has 0 aliphatic carbocycles. The lowest BCUT2D eigenvalue weighted by Crippen LogP contribution is -2.59. The fourth-order valence-electron chi connectivity index (χ4n) is 4.60. The molecule has 10 nitrogen and oxygen atoms in total. The van der Waals surface area contributed by atoms with Crippen LogP contribution in [0.15, 0.2) is 22.7 Å². The number of rotatable bonds is 4. The summed E-state index contributed by atoms with van der Waals surface area (Å²) in [7, 11) is 1.67. The van der Waals surface area contributed by atoms with Crippen LogP contribution in [0.5, 0.6) is 0 Å². The number of carbonyl (C=O) groups excluding carboxylic acids is 5. The van der Waals surface area contributed by atoms with E-state index in [0.717, 1.165) is 16.5 Å². The van der Waals surface area contributed by atoms with Gasteiger partial charge in [0.15, 0.2) is 0 Å². The first kappa shape index (κ1) is 22.3. The van der Waals surface area contributed by atoms with E-state index >= 15 is 0 Å². The Kier molecular flexibility index (Phi) is 6.18. The van der Waals surface area contributed by atoms with Gasteiger partial charge in [-0.3, -0.25) is 24.5 Å². The second-order valence-corrected chi connectivity index (χ2v) is 9.28. The maximum atomic E-state index is 13.3. The monoisotopic (exact) mass is 505 g/mol. The zero-order valence-corrected chi connectivity index (χ0v) is 19.1. The van der Waals surface area contributed by atoms with Crippen molar-refractivity contribution in [3.8, 4) is 0 Å². The Morgan fingerprint density at radius 2 is 1.91 bits per heavy atom. The minimum absolute atomic E-state index is 0.0587. The summed E-state index contributed by atoms with van der Waals surface area (Å²) in [6.45, 7) is 0.806. The Balaban J connectivity index is 1.46. The van der Waals surface area contributed by atoms with Crippen LogP contribution in [0.2, 0.25) is 0 Å². The largest absolute Gasteiger partial charge is 0.343 e. The third-order valence-electron chi connectivity index (χ3n) is 6.12. The molecule has 3 aliphatic rings. The molecule has 1 aromatic carbocycles. The van der Waals surface area contributed by atoms with Gasteiger partial charge in [-0.15, -0.1) is 0 Å². The highest BCUT2D eigenvalue weighted by molar-refractivity contribution is 9.10. The van der Waals surface area contributed by atoms with Crippen LogP contribution in [0.4, 0.5) is 10.5 Å². The Morgan fingerprint density at radius 3 is 2.66 bits per heavy atom. The summed E-state index contributed by atoms with van der Waals surface area (Å²) in [5.41, 5.74) is 1.38. The Morgan fingerprint density at radius 1 is 1.16 bits per heavy atom. The molecule has 0 radical (unpaired) electrons. The number of imide groups is 1. The number of urea groups is 1. The zero-order valence-electron chi connectivity index (χ0n) is 17.5. The molecule has 3 heterocycles. The van der Waals surface area contributed by atoms with Crippen molar-refractivity contribution < 1.29 is 24.0 Å². The average molecular weight is 506 g/mol. The number of hydrogen-bond acceptors (Lipinski definition) is 5. The summed E-state index contributed by atoms with van der Waals surface area (Å²) in [6, 6.07) is 3.61. The van der Waals surface area contributed by atoms with E-state index in [4.69, 9.17) is 0 Å². The first-order valence-electron chi connectivity index (χ1n) is 10.5. The van der Waals surface area contributed by atoms with Gasteiger partial charge in [0.05, 0.1) is 12.3 Å². The van der Waals surface area contributed by atoms with Crippen LogP contribution in [0.3, 0.4) is 0 Å². The summed E-state index contributed by atoms with van der Waals surface area (Å²) in [6.07, 6.45) is 1.44. The second-order valence-electron chi connectivity index (χ2n) is 8.36. The van der Waals surface area contributed by atoms with Gasteiger partial charge in [0.1, 0.15) is 6.04 Å². The van der Waals surface area contributed by atoms with Crippen molar-refractivity contribution in [2.45, 2.75) is 43.7 Å². The third kappa shape index (κ3) is 4.47. The van der Waals surface area contributed by atoms with E-state index in [1.807, 2.05) is 12.1 Å². The highest BCUT2D eigenvalue weighted by Crippen LogP contribution is 2.35. The Bertz CT molecular complexity index is 983. The smallest absolute Gasteiger partial charge is 0.322 e. The molecule has 170 valence electrons. The minimum atomic E-state index is -0.899. The molecule has 2 saturated heterocycles. The van der Waals surface area contributed by atoms with Crippen molar-refractivity contribution in [2.24, 2.45) is 0 Å². The lowest BCUT2D eigenvalue weighted by Gasteiger charge is -2.34. The molecule has 3 N–H and O–H groups in total. The Hall–Kier alpha value is -2.95. The molecule has 2 fully saturated rings. The number of nitrogens with zero attached hydrogens (tertiary/aromatic N) is 2. The maximum absolute atomic E-state index is 13.3. The predicted octanol–water partition coefficient (Wildman–Crippen LogP) is 0.922. The van der Waals surface area contributed by atoms with E-state index in [0.29, 0.717) is 25.2 Å². The fourth-order valence-corrected chi connectivity index (χ4v) is 4.98. The van der Waals surface area contributed by atoms with Gasteiger partial charge in [-0.25, -0.2) is 4.79 Å². The molecular weight excluding hydrogens is 482 g/mol. The lowest BCUT2D eigenvalue weighted by molar-refractivity contribution is -0.139. The molecule has 1 aromatic rings. The second kappa shape index (κ2) is 8.89. The standard InChI is InChI=1S/C21H24BrN5O5/c1-26(19(30)14-8-17(28)23-15-5-4-11(22)7-13(14)15)10-12-3-2-6-27(12)20(31)16-9-18(29)25-21(32)24-16/h4-5,7,12,14,16H,2-3,6,8-10H2,1H3,(H,23,28)(H2,24,25,29,32)/t12?,14?,16-/m0/s1. The zero-order chi connectivity index (χ0) is 23.0. The number of benzene rings is 1. The molecule has 6 amide bonds. The van der Waals surface area contributed by atoms with E-state index in [9.17, 15) is 24.0 Å². The maximum Gasteiger partial charge on any atom is 0.322 e. The van der Waals surface area contributed by atoms with E-state index in [-0.39, 0.29) is 36.6 Å². The molecule has 0 bridgehead atoms. The van der Waals surface area contributed by atoms with Gasteiger partial charge in [-0.1, -0.05) is 15.9 Å². The number of likely N-dealkylation sites (N-methyl/N-ethyl adjacent to an activating group) is 1. The minimum Gasteiger partial charge on any atom is -0.343 e. The van der Waals surface area contributed by atoms with Crippen LogP contribution in [-0.4, -0.2) is 71.7 Å². The van der Waals surface area contributed by atoms with E-state index in [2.05, 4.69) is 31.9 Å². The first-order chi connectivity index (χ1) is 15.2. The summed E-state index contributed by atoms with van der Waals surface area (Å²) >= 11 is 3.42. The number of fused-ring (bicyclic) bond motifs is 1. The predicted molar refractivity (Wildman–Crippen MR) is 118 cm³/mol. The molecule has 32 heavy (non-hydrogen) atoms. The van der Waals surface area contributed by atoms with Crippen LogP contribution in [-0.2, 0) is 19.2 Å². The van der Waals surface area contributed by atoms with Gasteiger partial charge < -0.3 is 20.4 Å². The molecule has 4 rings (SSSR count). The van der Waals surface area contributed by atoms with Crippen molar-refractivity contribution in [3.05, 3.63) is 28.2 Å². The van der Waals surface area contributed by atoms with Crippen molar-refractivity contribution >= 4 is 51.3 Å². The fraction of sp³-hybridized carbons (Fsp3) is 0.476. The molecule has 11 heteroatoms. The topological polar surface area (TPSA) is 128 Å². The molecular formula is C21H24BrN5O5. The normalized spacial score (nSPS) is 24.9. The van der Waals surface area contributed by atoms with Gasteiger partial charge in [0, 0.05) is 42.8 Å². The highest BCUT2D eigenvalue weighted by atomic mass is 79.9. The van der Waals surface area contributed by atoms with Gasteiger partial charge in [-0.2, -0.15) is 0 Å². The summed E-state index contributed by atoms with van der Waals surface area (Å²) in [5.74, 6) is -1.81. The van der Waals surface area contributed by atoms with Crippen molar-refractivity contribution in [3.63, 3.8) is 0 Å². The quantitative estimate of drug-likeness (QED) is 0.560. The summed E-state index contributed by atoms with van der Waals surface area (Å²) < 4.78 is 0.819. The van der Waals surface area contributed by atoms with E-state index in [1.165, 1.54) is 0 Å². The number of amides is 6.